The Hall–Kier alpha value is -0.492. The summed E-state index contributed by atoms with van der Waals surface area (Å²) in [4.78, 5) is 19.3. The predicted molar refractivity (Wildman–Crippen MR) is 41.4 cm³/mol. The SMILES string of the molecule is NC(C(=O)O)C(=O)O.NCCN.[Pt]. The van der Waals surface area contributed by atoms with Gasteiger partial charge in [-0.3, -0.25) is 0 Å². The molecule has 0 spiro atoms. The van der Waals surface area contributed by atoms with Gasteiger partial charge in [-0.15, -0.1) is 0 Å². The Morgan fingerprint density at radius 1 is 1.08 bits per heavy atom. The first kappa shape index (κ1) is 18.3. The van der Waals surface area contributed by atoms with E-state index in [9.17, 15) is 9.59 Å². The number of carboxylic acid groups (broad SMARTS) is 2. The van der Waals surface area contributed by atoms with Crippen LogP contribution in [0.4, 0.5) is 0 Å². The van der Waals surface area contributed by atoms with Crippen LogP contribution in [0, 0.1) is 0 Å². The molecule has 0 fully saturated rings. The average molecular weight is 374 g/mol. The van der Waals surface area contributed by atoms with Crippen molar-refractivity contribution in [2.24, 2.45) is 17.2 Å². The van der Waals surface area contributed by atoms with E-state index < -0.39 is 18.0 Å². The van der Waals surface area contributed by atoms with Gasteiger partial charge in [-0.25, -0.2) is 9.59 Å². The van der Waals surface area contributed by atoms with E-state index in [2.05, 4.69) is 5.73 Å². The topological polar surface area (TPSA) is 153 Å². The first-order valence-electron chi connectivity index (χ1n) is 3.08. The molecule has 8 heteroatoms. The number of carbonyl (C=O) groups is 2. The van der Waals surface area contributed by atoms with Gasteiger partial charge in [0.05, 0.1) is 0 Å². The summed E-state index contributed by atoms with van der Waals surface area (Å²) in [5.74, 6) is -3.06. The minimum absolute atomic E-state index is 0. The second kappa shape index (κ2) is 11.5. The van der Waals surface area contributed by atoms with Crippen LogP contribution in [0.25, 0.3) is 0 Å². The van der Waals surface area contributed by atoms with Gasteiger partial charge in [0.1, 0.15) is 0 Å². The molecule has 0 saturated heterocycles. The molecular formula is C5H13N3O4Pt. The summed E-state index contributed by atoms with van der Waals surface area (Å²) in [6, 6.07) is -1.80. The van der Waals surface area contributed by atoms with Crippen molar-refractivity contribution in [3.05, 3.63) is 0 Å². The van der Waals surface area contributed by atoms with E-state index in [0.29, 0.717) is 13.1 Å². The summed E-state index contributed by atoms with van der Waals surface area (Å²) in [7, 11) is 0. The van der Waals surface area contributed by atoms with Crippen molar-refractivity contribution in [1.29, 1.82) is 0 Å². The molecule has 0 heterocycles. The van der Waals surface area contributed by atoms with Crippen LogP contribution in [0.1, 0.15) is 0 Å². The van der Waals surface area contributed by atoms with Crippen LogP contribution in [0.3, 0.4) is 0 Å². The van der Waals surface area contributed by atoms with E-state index >= 15 is 0 Å². The van der Waals surface area contributed by atoms with Gasteiger partial charge in [0.15, 0.2) is 0 Å². The van der Waals surface area contributed by atoms with Crippen LogP contribution in [-0.2, 0) is 30.7 Å². The van der Waals surface area contributed by atoms with Gasteiger partial charge in [0, 0.05) is 34.2 Å². The normalized spacial score (nSPS) is 8.00. The Morgan fingerprint density at radius 2 is 1.31 bits per heavy atom. The Kier molecular flexibility index (Phi) is 16.2. The van der Waals surface area contributed by atoms with E-state index in [0.717, 1.165) is 0 Å². The molecule has 0 aromatic rings. The minimum Gasteiger partial charge on any atom is -0.480 e. The molecule has 0 unspecified atom stereocenters. The predicted octanol–water partition coefficient (Wildman–Crippen LogP) is -2.62. The largest absolute Gasteiger partial charge is 0.480 e. The molecule has 0 aromatic carbocycles. The summed E-state index contributed by atoms with van der Waals surface area (Å²) >= 11 is 0. The molecule has 0 aliphatic rings. The number of carboxylic acids is 2. The second-order valence-electron chi connectivity index (χ2n) is 1.73. The van der Waals surface area contributed by atoms with Gasteiger partial charge >= 0.3 is 11.9 Å². The molecule has 82 valence electrons. The fraction of sp³-hybridized carbons (Fsp3) is 0.600. The van der Waals surface area contributed by atoms with Crippen molar-refractivity contribution in [2.75, 3.05) is 13.1 Å². The summed E-state index contributed by atoms with van der Waals surface area (Å²) in [6.07, 6.45) is 0. The molecule has 0 aliphatic carbocycles. The minimum atomic E-state index is -1.80. The fourth-order valence-electron chi connectivity index (χ4n) is 0.106. The Morgan fingerprint density at radius 3 is 1.31 bits per heavy atom. The van der Waals surface area contributed by atoms with E-state index in [1.807, 2.05) is 0 Å². The second-order valence-corrected chi connectivity index (χ2v) is 1.73. The molecule has 7 nitrogen and oxygen atoms in total. The zero-order valence-corrected chi connectivity index (χ0v) is 9.02. The number of hydrogen-bond donors (Lipinski definition) is 5. The zero-order valence-electron chi connectivity index (χ0n) is 6.75. The molecule has 13 heavy (non-hydrogen) atoms. The maximum atomic E-state index is 9.63. The van der Waals surface area contributed by atoms with Gasteiger partial charge in [0.25, 0.3) is 0 Å². The van der Waals surface area contributed by atoms with Crippen LogP contribution >= 0.6 is 0 Å². The molecule has 0 aromatic heterocycles. The van der Waals surface area contributed by atoms with Gasteiger partial charge in [-0.1, -0.05) is 0 Å². The molecule has 0 aliphatic heterocycles. The Balaban J connectivity index is -0.000000173. The van der Waals surface area contributed by atoms with Crippen LogP contribution < -0.4 is 17.2 Å². The first-order valence-corrected chi connectivity index (χ1v) is 3.08. The summed E-state index contributed by atoms with van der Waals surface area (Å²) in [5, 5.41) is 15.7. The molecule has 0 radical (unpaired) electrons. The van der Waals surface area contributed by atoms with Crippen molar-refractivity contribution in [3.63, 3.8) is 0 Å². The fourth-order valence-corrected chi connectivity index (χ4v) is 0.106. The van der Waals surface area contributed by atoms with E-state index in [1.165, 1.54) is 0 Å². The molecule has 0 saturated carbocycles. The third-order valence-electron chi connectivity index (χ3n) is 0.699. The van der Waals surface area contributed by atoms with E-state index in [-0.39, 0.29) is 21.1 Å². The van der Waals surface area contributed by atoms with Crippen LogP contribution in [0.15, 0.2) is 0 Å². The summed E-state index contributed by atoms with van der Waals surface area (Å²) < 4.78 is 0. The van der Waals surface area contributed by atoms with Gasteiger partial charge in [-0.05, 0) is 0 Å². The van der Waals surface area contributed by atoms with Crippen molar-refractivity contribution in [3.8, 4) is 0 Å². The third-order valence-corrected chi connectivity index (χ3v) is 0.699. The quantitative estimate of drug-likeness (QED) is 0.339. The van der Waals surface area contributed by atoms with Crippen molar-refractivity contribution < 1.29 is 40.9 Å². The maximum absolute atomic E-state index is 9.63. The van der Waals surface area contributed by atoms with E-state index in [4.69, 9.17) is 21.7 Å². The zero-order chi connectivity index (χ0) is 10.1. The number of aliphatic carboxylic acids is 2. The maximum Gasteiger partial charge on any atom is 0.332 e. The Bertz CT molecular complexity index is 139. The molecule has 0 bridgehead atoms. The average Bonchev–Trinajstić information content (AvgIpc) is 2.03. The van der Waals surface area contributed by atoms with Gasteiger partial charge < -0.3 is 27.4 Å². The molecule has 8 N–H and O–H groups in total. The standard InChI is InChI=1S/C3H5NO4.C2H8N2.Pt/c4-1(2(5)6)3(7)8;3-1-2-4;/h1H,4H2,(H,5,6)(H,7,8);1-4H2;. The van der Waals surface area contributed by atoms with Crippen LogP contribution in [0.2, 0.25) is 0 Å². The number of nitrogens with two attached hydrogens (primary N) is 3. The van der Waals surface area contributed by atoms with Gasteiger partial charge in [0.2, 0.25) is 6.04 Å². The van der Waals surface area contributed by atoms with Gasteiger partial charge in [-0.2, -0.15) is 0 Å². The van der Waals surface area contributed by atoms with Crippen LogP contribution in [0.5, 0.6) is 0 Å². The summed E-state index contributed by atoms with van der Waals surface area (Å²) in [6.45, 7) is 1.19. The number of rotatable bonds is 3. The first-order chi connectivity index (χ1) is 5.47. The molecule has 0 rings (SSSR count). The van der Waals surface area contributed by atoms with Crippen molar-refractivity contribution in [1.82, 2.24) is 0 Å². The summed E-state index contributed by atoms with van der Waals surface area (Å²) in [5.41, 5.74) is 14.4. The van der Waals surface area contributed by atoms with Crippen LogP contribution in [-0.4, -0.2) is 41.3 Å². The Labute approximate surface area is 89.5 Å². The van der Waals surface area contributed by atoms with Crippen molar-refractivity contribution >= 4 is 11.9 Å². The molecular weight excluding hydrogens is 361 g/mol. The third kappa shape index (κ3) is 14.4. The van der Waals surface area contributed by atoms with E-state index in [1.54, 1.807) is 0 Å². The smallest absolute Gasteiger partial charge is 0.332 e. The monoisotopic (exact) mass is 374 g/mol. The van der Waals surface area contributed by atoms with Crippen molar-refractivity contribution in [2.45, 2.75) is 6.04 Å². The number of hydrogen-bond acceptors (Lipinski definition) is 5. The molecule has 0 amide bonds. The molecule has 0 atom stereocenters.